The number of rotatable bonds is 4. The number of piperidine rings is 1. The molecule has 2 heterocycles. The number of morpholine rings is 1. The first-order chi connectivity index (χ1) is 17.5. The first kappa shape index (κ1) is 22.9. The van der Waals surface area contributed by atoms with Gasteiger partial charge in [-0.2, -0.15) is 0 Å². The Morgan fingerprint density at radius 1 is 0.861 bits per heavy atom. The Morgan fingerprint density at radius 2 is 1.47 bits per heavy atom. The van der Waals surface area contributed by atoms with Crippen molar-refractivity contribution in [3.63, 3.8) is 0 Å². The van der Waals surface area contributed by atoms with E-state index in [1.54, 1.807) is 4.90 Å². The van der Waals surface area contributed by atoms with Gasteiger partial charge in [0.1, 0.15) is 6.61 Å². The van der Waals surface area contributed by atoms with Crippen LogP contribution in [0.2, 0.25) is 0 Å². The van der Waals surface area contributed by atoms with Crippen molar-refractivity contribution < 1.29 is 27.8 Å². The average Bonchev–Trinajstić information content (AvgIpc) is 3.21. The van der Waals surface area contributed by atoms with Crippen molar-refractivity contribution in [2.24, 2.45) is 5.92 Å². The van der Waals surface area contributed by atoms with Crippen LogP contribution in [0.3, 0.4) is 0 Å². The second-order valence-corrected chi connectivity index (χ2v) is 9.72. The number of hydrogen-bond donors (Lipinski definition) is 0. The van der Waals surface area contributed by atoms with Crippen molar-refractivity contribution in [2.45, 2.75) is 30.8 Å². The number of ketones is 1. The maximum Gasteiger partial charge on any atom is 0.410 e. The summed E-state index contributed by atoms with van der Waals surface area (Å²) < 4.78 is 38.6. The minimum atomic E-state index is -1.04. The smallest absolute Gasteiger partial charge is 0.410 e. The molecule has 5 nitrogen and oxygen atoms in total. The van der Waals surface area contributed by atoms with E-state index in [0.29, 0.717) is 26.1 Å². The molecule has 2 fully saturated rings. The molecule has 2 bridgehead atoms. The van der Waals surface area contributed by atoms with E-state index in [0.717, 1.165) is 34.4 Å². The van der Waals surface area contributed by atoms with E-state index in [1.807, 2.05) is 24.3 Å². The highest BCUT2D eigenvalue weighted by Crippen LogP contribution is 2.44. The Kier molecular flexibility index (Phi) is 5.80. The Balaban J connectivity index is 1.16. The quantitative estimate of drug-likeness (QED) is 0.450. The molecule has 3 aromatic rings. The lowest BCUT2D eigenvalue weighted by atomic mass is 9.81. The van der Waals surface area contributed by atoms with Crippen LogP contribution in [0.4, 0.5) is 13.6 Å². The number of nitrogens with zero attached hydrogens (tertiary/aromatic N) is 1. The molecule has 0 N–H and O–H groups in total. The van der Waals surface area contributed by atoms with Gasteiger partial charge in [-0.1, -0.05) is 48.5 Å². The Bertz CT molecular complexity index is 1280. The zero-order valence-electron chi connectivity index (χ0n) is 19.5. The third-order valence-corrected chi connectivity index (χ3v) is 7.64. The van der Waals surface area contributed by atoms with Gasteiger partial charge in [-0.25, -0.2) is 13.6 Å². The SMILES string of the molecule is O=C(c1ccc(F)c(F)c1)C1CC2COCC(C1)N2C(=O)OCC1c2ccccc2-c2ccccc21. The number of fused-ring (bicyclic) bond motifs is 5. The predicted octanol–water partition coefficient (Wildman–Crippen LogP) is 5.58. The number of ether oxygens (including phenoxy) is 2. The van der Waals surface area contributed by atoms with Crippen LogP contribution in [0.5, 0.6) is 0 Å². The number of carbonyl (C=O) groups excluding carboxylic acids is 2. The lowest BCUT2D eigenvalue weighted by Crippen LogP contribution is -2.60. The zero-order chi connectivity index (χ0) is 24.8. The van der Waals surface area contributed by atoms with Crippen molar-refractivity contribution in [2.75, 3.05) is 19.8 Å². The fraction of sp³-hybridized carbons (Fsp3) is 0.310. The maximum atomic E-state index is 13.7. The maximum absolute atomic E-state index is 13.7. The molecular formula is C29H25F2NO4. The van der Waals surface area contributed by atoms with E-state index in [1.165, 1.54) is 6.07 Å². The largest absolute Gasteiger partial charge is 0.448 e. The van der Waals surface area contributed by atoms with Crippen molar-refractivity contribution >= 4 is 11.9 Å². The minimum absolute atomic E-state index is 0.0371. The summed E-state index contributed by atoms with van der Waals surface area (Å²) in [6.45, 7) is 0.839. The van der Waals surface area contributed by atoms with Crippen molar-refractivity contribution in [1.82, 2.24) is 4.90 Å². The van der Waals surface area contributed by atoms with Gasteiger partial charge < -0.3 is 9.47 Å². The second kappa shape index (κ2) is 9.13. The number of benzene rings is 3. The second-order valence-electron chi connectivity index (χ2n) is 9.72. The molecule has 0 aromatic heterocycles. The van der Waals surface area contributed by atoms with Gasteiger partial charge in [0, 0.05) is 17.4 Å². The van der Waals surface area contributed by atoms with Gasteiger partial charge in [0.05, 0.1) is 25.3 Å². The normalized spacial score (nSPS) is 22.6. The summed E-state index contributed by atoms with van der Waals surface area (Å²) in [4.78, 5) is 28.0. The van der Waals surface area contributed by atoms with Crippen LogP contribution >= 0.6 is 0 Å². The number of carbonyl (C=O) groups is 2. The number of amides is 1. The highest BCUT2D eigenvalue weighted by Gasteiger charge is 2.45. The van der Waals surface area contributed by atoms with Crippen LogP contribution in [-0.2, 0) is 9.47 Å². The molecule has 2 saturated heterocycles. The fourth-order valence-electron chi connectivity index (χ4n) is 5.98. The average molecular weight is 490 g/mol. The molecule has 184 valence electrons. The molecule has 2 aliphatic heterocycles. The van der Waals surface area contributed by atoms with Crippen LogP contribution in [0.25, 0.3) is 11.1 Å². The van der Waals surface area contributed by atoms with Crippen LogP contribution in [-0.4, -0.2) is 48.7 Å². The number of halogens is 2. The highest BCUT2D eigenvalue weighted by atomic mass is 19.2. The molecule has 0 spiro atoms. The minimum Gasteiger partial charge on any atom is -0.448 e. The Hall–Kier alpha value is -3.58. The molecule has 6 rings (SSSR count). The van der Waals surface area contributed by atoms with Crippen molar-refractivity contribution in [1.29, 1.82) is 0 Å². The Labute approximate surface area is 207 Å². The summed E-state index contributed by atoms with van der Waals surface area (Å²) >= 11 is 0. The standard InChI is InChI=1S/C29H25F2NO4/c30-26-10-9-17(13-27(26)31)28(33)18-11-19-14-35-15-20(12-18)32(19)29(34)36-16-25-23-7-3-1-5-21(23)22-6-2-4-8-24(22)25/h1-10,13,18-20,25H,11-12,14-16H2. The van der Waals surface area contributed by atoms with Gasteiger partial charge in [-0.3, -0.25) is 9.69 Å². The lowest BCUT2D eigenvalue weighted by Gasteiger charge is -2.47. The van der Waals surface area contributed by atoms with Gasteiger partial charge in [-0.05, 0) is 53.3 Å². The molecule has 2 unspecified atom stereocenters. The summed E-state index contributed by atoms with van der Waals surface area (Å²) in [6.07, 6.45) is 0.366. The van der Waals surface area contributed by atoms with Gasteiger partial charge in [-0.15, -0.1) is 0 Å². The van der Waals surface area contributed by atoms with E-state index in [9.17, 15) is 18.4 Å². The van der Waals surface area contributed by atoms with Crippen molar-refractivity contribution in [3.8, 4) is 11.1 Å². The summed E-state index contributed by atoms with van der Waals surface area (Å²) in [5.74, 6) is -2.70. The third kappa shape index (κ3) is 3.88. The van der Waals surface area contributed by atoms with E-state index >= 15 is 0 Å². The van der Waals surface area contributed by atoms with E-state index in [-0.39, 0.29) is 36.0 Å². The Morgan fingerprint density at radius 3 is 2.08 bits per heavy atom. The third-order valence-electron chi connectivity index (χ3n) is 7.64. The summed E-state index contributed by atoms with van der Waals surface area (Å²) in [5, 5.41) is 0. The fourth-order valence-corrected chi connectivity index (χ4v) is 5.98. The molecule has 0 saturated carbocycles. The summed E-state index contributed by atoms with van der Waals surface area (Å²) in [5.41, 5.74) is 4.76. The van der Waals surface area contributed by atoms with E-state index in [4.69, 9.17) is 9.47 Å². The lowest BCUT2D eigenvalue weighted by molar-refractivity contribution is -0.0747. The number of hydrogen-bond acceptors (Lipinski definition) is 4. The summed E-state index contributed by atoms with van der Waals surface area (Å²) in [6, 6.07) is 18.9. The van der Waals surface area contributed by atoms with Crippen LogP contribution in [0.1, 0.15) is 40.2 Å². The zero-order valence-corrected chi connectivity index (χ0v) is 19.5. The molecule has 36 heavy (non-hydrogen) atoms. The summed E-state index contributed by atoms with van der Waals surface area (Å²) in [7, 11) is 0. The monoisotopic (exact) mass is 489 g/mol. The van der Waals surface area contributed by atoms with Gasteiger partial charge in [0.15, 0.2) is 17.4 Å². The molecular weight excluding hydrogens is 464 g/mol. The van der Waals surface area contributed by atoms with Crippen molar-refractivity contribution in [3.05, 3.63) is 95.1 Å². The molecule has 1 aliphatic carbocycles. The topological polar surface area (TPSA) is 55.8 Å². The van der Waals surface area contributed by atoms with Gasteiger partial charge >= 0.3 is 6.09 Å². The molecule has 2 atom stereocenters. The molecule has 1 amide bonds. The molecule has 3 aromatic carbocycles. The first-order valence-electron chi connectivity index (χ1n) is 12.2. The first-order valence-corrected chi connectivity index (χ1v) is 12.2. The van der Waals surface area contributed by atoms with Crippen LogP contribution in [0.15, 0.2) is 66.7 Å². The van der Waals surface area contributed by atoms with Gasteiger partial charge in [0.25, 0.3) is 0 Å². The van der Waals surface area contributed by atoms with E-state index < -0.39 is 23.6 Å². The van der Waals surface area contributed by atoms with Crippen LogP contribution < -0.4 is 0 Å². The predicted molar refractivity (Wildman–Crippen MR) is 129 cm³/mol. The number of Topliss-reactive ketones (excluding diaryl/α,β-unsaturated/α-hetero) is 1. The van der Waals surface area contributed by atoms with E-state index in [2.05, 4.69) is 24.3 Å². The molecule has 7 heteroatoms. The highest BCUT2D eigenvalue weighted by molar-refractivity contribution is 5.98. The molecule has 3 aliphatic rings. The van der Waals surface area contributed by atoms with Crippen LogP contribution in [0, 0.1) is 17.6 Å². The molecule has 0 radical (unpaired) electrons. The van der Waals surface area contributed by atoms with Gasteiger partial charge in [0.2, 0.25) is 0 Å².